The molecule has 0 atom stereocenters. The number of alkyl halides is 2. The van der Waals surface area contributed by atoms with Crippen molar-refractivity contribution in [2.24, 2.45) is 0 Å². The maximum absolute atomic E-state index is 12.5. The van der Waals surface area contributed by atoms with Gasteiger partial charge >= 0.3 is 5.76 Å². The summed E-state index contributed by atoms with van der Waals surface area (Å²) in [5.74, 6) is -3.75. The molecule has 0 spiro atoms. The third-order valence-electron chi connectivity index (χ3n) is 3.13. The van der Waals surface area contributed by atoms with Gasteiger partial charge in [-0.05, 0) is 38.1 Å². The molecule has 0 saturated heterocycles. The molecule has 0 fully saturated rings. The van der Waals surface area contributed by atoms with Gasteiger partial charge in [-0.2, -0.15) is 8.78 Å². The van der Waals surface area contributed by atoms with Crippen LogP contribution in [0.2, 0.25) is 0 Å². The molecule has 1 aromatic carbocycles. The average Bonchev–Trinajstić information content (AvgIpc) is 3.02. The van der Waals surface area contributed by atoms with Gasteiger partial charge in [0.15, 0.2) is 5.16 Å². The first kappa shape index (κ1) is 19.3. The van der Waals surface area contributed by atoms with Gasteiger partial charge in [-0.25, -0.2) is 8.42 Å². The van der Waals surface area contributed by atoms with Crippen molar-refractivity contribution in [2.75, 3.05) is 11.1 Å². The standard InChI is InChI=1S/C14H16F2N4O3S2/c1-9(2)20-8-17-19-14(20)24-7-12(21)18-10-3-5-11(6-4-10)25(22,23)13(15)16/h3-6,8-9,13H,7H2,1-2H3,(H,18,21). The molecule has 7 nitrogen and oxygen atoms in total. The highest BCUT2D eigenvalue weighted by molar-refractivity contribution is 7.99. The van der Waals surface area contributed by atoms with Gasteiger partial charge in [0.1, 0.15) is 6.33 Å². The zero-order valence-corrected chi connectivity index (χ0v) is 15.0. The number of carbonyl (C=O) groups is 1. The van der Waals surface area contributed by atoms with Crippen LogP contribution in [0, 0.1) is 0 Å². The Balaban J connectivity index is 1.96. The molecule has 0 radical (unpaired) electrons. The van der Waals surface area contributed by atoms with Crippen LogP contribution in [-0.4, -0.2) is 40.6 Å². The van der Waals surface area contributed by atoms with E-state index in [-0.39, 0.29) is 17.7 Å². The van der Waals surface area contributed by atoms with Gasteiger partial charge in [0, 0.05) is 11.7 Å². The molecule has 1 heterocycles. The highest BCUT2D eigenvalue weighted by Gasteiger charge is 2.26. The first-order valence-corrected chi connectivity index (χ1v) is 9.69. The number of nitrogens with zero attached hydrogens (tertiary/aromatic N) is 3. The lowest BCUT2D eigenvalue weighted by Gasteiger charge is -2.09. The second kappa shape index (κ2) is 7.91. The van der Waals surface area contributed by atoms with Gasteiger partial charge < -0.3 is 9.88 Å². The number of hydrogen-bond donors (Lipinski definition) is 1. The molecule has 1 aromatic heterocycles. The number of sulfone groups is 1. The molecule has 0 aliphatic carbocycles. The minimum Gasteiger partial charge on any atom is -0.325 e. The summed E-state index contributed by atoms with van der Waals surface area (Å²) in [6.07, 6.45) is 1.58. The van der Waals surface area contributed by atoms with Crippen LogP contribution in [0.4, 0.5) is 14.5 Å². The average molecular weight is 390 g/mol. The first-order chi connectivity index (χ1) is 11.7. The molecule has 0 bridgehead atoms. The summed E-state index contributed by atoms with van der Waals surface area (Å²) in [5.41, 5.74) is 0.309. The van der Waals surface area contributed by atoms with Crippen molar-refractivity contribution < 1.29 is 22.0 Å². The highest BCUT2D eigenvalue weighted by atomic mass is 32.2. The summed E-state index contributed by atoms with van der Waals surface area (Å²) in [6.45, 7) is 3.92. The van der Waals surface area contributed by atoms with Crippen LogP contribution in [0.25, 0.3) is 0 Å². The Morgan fingerprint density at radius 1 is 1.28 bits per heavy atom. The lowest BCUT2D eigenvalue weighted by Crippen LogP contribution is -2.15. The second-order valence-electron chi connectivity index (χ2n) is 5.28. The highest BCUT2D eigenvalue weighted by Crippen LogP contribution is 2.21. The molecule has 25 heavy (non-hydrogen) atoms. The van der Waals surface area contributed by atoms with E-state index >= 15 is 0 Å². The number of amides is 1. The maximum Gasteiger partial charge on any atom is 0.341 e. The Kier molecular flexibility index (Phi) is 6.11. The Morgan fingerprint density at radius 3 is 2.48 bits per heavy atom. The van der Waals surface area contributed by atoms with E-state index in [2.05, 4.69) is 15.5 Å². The minimum absolute atomic E-state index is 0.0719. The molecule has 0 aliphatic heterocycles. The lowest BCUT2D eigenvalue weighted by molar-refractivity contribution is -0.113. The normalized spacial score (nSPS) is 11.9. The zero-order chi connectivity index (χ0) is 18.6. The topological polar surface area (TPSA) is 93.9 Å². The molecule has 2 rings (SSSR count). The van der Waals surface area contributed by atoms with Gasteiger partial charge in [0.05, 0.1) is 10.6 Å². The SMILES string of the molecule is CC(C)n1cnnc1SCC(=O)Nc1ccc(S(=O)(=O)C(F)F)cc1. The number of carbonyl (C=O) groups excluding carboxylic acids is 1. The Morgan fingerprint density at radius 2 is 1.92 bits per heavy atom. The van der Waals surface area contributed by atoms with Crippen LogP contribution in [0.3, 0.4) is 0 Å². The van der Waals surface area contributed by atoms with Gasteiger partial charge in [-0.3, -0.25) is 4.79 Å². The molecule has 1 amide bonds. The van der Waals surface area contributed by atoms with E-state index in [1.165, 1.54) is 23.9 Å². The lowest BCUT2D eigenvalue weighted by atomic mass is 10.3. The summed E-state index contributed by atoms with van der Waals surface area (Å²) >= 11 is 1.20. The smallest absolute Gasteiger partial charge is 0.325 e. The fraction of sp³-hybridized carbons (Fsp3) is 0.357. The number of halogens is 2. The predicted octanol–water partition coefficient (Wildman–Crippen LogP) is 2.59. The summed E-state index contributed by atoms with van der Waals surface area (Å²) < 4.78 is 49.4. The van der Waals surface area contributed by atoms with Gasteiger partial charge in [0.2, 0.25) is 15.7 Å². The number of nitrogens with one attached hydrogen (secondary N) is 1. The number of aromatic nitrogens is 3. The Labute approximate surface area is 147 Å². The van der Waals surface area contributed by atoms with E-state index in [9.17, 15) is 22.0 Å². The van der Waals surface area contributed by atoms with Crippen molar-refractivity contribution in [1.29, 1.82) is 0 Å². The number of benzene rings is 1. The fourth-order valence-electron chi connectivity index (χ4n) is 1.85. The van der Waals surface area contributed by atoms with Crippen LogP contribution in [0.5, 0.6) is 0 Å². The molecule has 136 valence electrons. The minimum atomic E-state index is -4.64. The zero-order valence-electron chi connectivity index (χ0n) is 13.4. The van der Waals surface area contributed by atoms with Gasteiger partial charge in [-0.15, -0.1) is 10.2 Å². The summed E-state index contributed by atoms with van der Waals surface area (Å²) in [6, 6.07) is 4.73. The monoisotopic (exact) mass is 390 g/mol. The van der Waals surface area contributed by atoms with Crippen molar-refractivity contribution in [1.82, 2.24) is 14.8 Å². The number of rotatable bonds is 7. The quantitative estimate of drug-likeness (QED) is 0.731. The molecule has 0 saturated carbocycles. The van der Waals surface area contributed by atoms with E-state index < -0.39 is 20.5 Å². The number of anilines is 1. The van der Waals surface area contributed by atoms with Crippen molar-refractivity contribution in [3.63, 3.8) is 0 Å². The Hall–Kier alpha value is -2.01. The second-order valence-corrected chi connectivity index (χ2v) is 8.14. The molecule has 2 aromatic rings. The van der Waals surface area contributed by atoms with Crippen molar-refractivity contribution in [3.05, 3.63) is 30.6 Å². The third kappa shape index (κ3) is 4.75. The van der Waals surface area contributed by atoms with Crippen molar-refractivity contribution in [3.8, 4) is 0 Å². The molecule has 1 N–H and O–H groups in total. The van der Waals surface area contributed by atoms with E-state index in [1.54, 1.807) is 6.33 Å². The van der Waals surface area contributed by atoms with Crippen LogP contribution in [0.15, 0.2) is 40.6 Å². The van der Waals surface area contributed by atoms with E-state index in [1.807, 2.05) is 18.4 Å². The van der Waals surface area contributed by atoms with E-state index in [4.69, 9.17) is 0 Å². The number of thioether (sulfide) groups is 1. The van der Waals surface area contributed by atoms with Crippen LogP contribution < -0.4 is 5.32 Å². The largest absolute Gasteiger partial charge is 0.341 e. The summed E-state index contributed by atoms with van der Waals surface area (Å²) in [7, 11) is -4.64. The van der Waals surface area contributed by atoms with Crippen LogP contribution in [0.1, 0.15) is 19.9 Å². The molecule has 0 unspecified atom stereocenters. The van der Waals surface area contributed by atoms with E-state index in [0.29, 0.717) is 10.8 Å². The van der Waals surface area contributed by atoms with Crippen molar-refractivity contribution in [2.45, 2.75) is 35.7 Å². The van der Waals surface area contributed by atoms with Crippen LogP contribution in [-0.2, 0) is 14.6 Å². The predicted molar refractivity (Wildman–Crippen MR) is 89.4 cm³/mol. The third-order valence-corrected chi connectivity index (χ3v) is 5.49. The molecule has 0 aliphatic rings. The molecule has 11 heteroatoms. The van der Waals surface area contributed by atoms with Gasteiger partial charge in [0.25, 0.3) is 0 Å². The maximum atomic E-state index is 12.5. The van der Waals surface area contributed by atoms with E-state index in [0.717, 1.165) is 12.1 Å². The summed E-state index contributed by atoms with van der Waals surface area (Å²) in [5, 5.41) is 10.9. The Bertz CT molecular complexity index is 836. The van der Waals surface area contributed by atoms with Gasteiger partial charge in [-0.1, -0.05) is 11.8 Å². The summed E-state index contributed by atoms with van der Waals surface area (Å²) in [4.78, 5) is 11.5. The molecular weight excluding hydrogens is 374 g/mol. The number of hydrogen-bond acceptors (Lipinski definition) is 6. The van der Waals surface area contributed by atoms with Crippen molar-refractivity contribution >= 4 is 33.2 Å². The first-order valence-electron chi connectivity index (χ1n) is 7.16. The fourth-order valence-corrected chi connectivity index (χ4v) is 3.41. The van der Waals surface area contributed by atoms with Crippen LogP contribution >= 0.6 is 11.8 Å². The molecular formula is C14H16F2N4O3S2.